The molecule has 11 heteroatoms. The summed E-state index contributed by atoms with van der Waals surface area (Å²) in [6.45, 7) is 0.0806. The third-order valence-electron chi connectivity index (χ3n) is 2.59. The van der Waals surface area contributed by atoms with Crippen molar-refractivity contribution in [2.45, 2.75) is 12.6 Å². The molecular formula is C11H10FN7O3. The monoisotopic (exact) mass is 307 g/mol. The van der Waals surface area contributed by atoms with Crippen LogP contribution in [-0.4, -0.2) is 43.9 Å². The third-order valence-corrected chi connectivity index (χ3v) is 2.59. The highest BCUT2D eigenvalue weighted by molar-refractivity contribution is 5.88. The van der Waals surface area contributed by atoms with Crippen molar-refractivity contribution >= 4 is 5.97 Å². The van der Waals surface area contributed by atoms with Gasteiger partial charge >= 0.3 is 5.97 Å². The van der Waals surface area contributed by atoms with E-state index in [0.717, 1.165) is 12.1 Å². The molecule has 0 radical (unpaired) electrons. The van der Waals surface area contributed by atoms with E-state index in [-0.39, 0.29) is 18.9 Å². The van der Waals surface area contributed by atoms with E-state index < -0.39 is 23.4 Å². The molecule has 1 aromatic heterocycles. The smallest absolute Gasteiger partial charge is 0.338 e. The number of ether oxygens (including phenoxy) is 1. The van der Waals surface area contributed by atoms with Crippen LogP contribution < -0.4 is 4.74 Å². The van der Waals surface area contributed by atoms with Crippen LogP contribution in [0.25, 0.3) is 10.4 Å². The number of hydrogen-bond donors (Lipinski definition) is 1. The molecule has 10 nitrogen and oxygen atoms in total. The Labute approximate surface area is 122 Å². The van der Waals surface area contributed by atoms with Gasteiger partial charge in [0.2, 0.25) is 0 Å². The van der Waals surface area contributed by atoms with Crippen LogP contribution in [0.15, 0.2) is 29.6 Å². The first-order chi connectivity index (χ1) is 10.6. The molecule has 0 amide bonds. The molecule has 0 aliphatic rings. The number of hydrogen-bond acceptors (Lipinski definition) is 6. The van der Waals surface area contributed by atoms with E-state index in [1.165, 1.54) is 17.2 Å². The first-order valence-electron chi connectivity index (χ1n) is 6.00. The standard InChI is InChI=1S/C11H10FN7O3/c12-10-3-8(1-2-9(10)11(20)21)22-5-7(16-17-13)4-19-15-6-14-18-19/h1-3,6-7H,4-5H2,(H,20,21). The fraction of sp³-hybridized carbons (Fsp3) is 0.273. The second-order valence-corrected chi connectivity index (χ2v) is 4.11. The molecule has 1 heterocycles. The number of carboxylic acids is 1. The zero-order valence-electron chi connectivity index (χ0n) is 11.1. The lowest BCUT2D eigenvalue weighted by Crippen LogP contribution is -2.23. The summed E-state index contributed by atoms with van der Waals surface area (Å²) in [5, 5.41) is 23.2. The Hall–Kier alpha value is -3.20. The summed E-state index contributed by atoms with van der Waals surface area (Å²) in [7, 11) is 0. The average molecular weight is 307 g/mol. The zero-order chi connectivity index (χ0) is 15.9. The molecule has 0 aliphatic carbocycles. The SMILES string of the molecule is [N-]=[N+]=NC(COc1ccc(C(=O)O)c(F)c1)Cn1ncnn1. The summed E-state index contributed by atoms with van der Waals surface area (Å²) >= 11 is 0. The number of carbonyl (C=O) groups is 1. The number of rotatable bonds is 7. The molecule has 0 saturated carbocycles. The molecule has 1 unspecified atom stereocenters. The highest BCUT2D eigenvalue weighted by atomic mass is 19.1. The van der Waals surface area contributed by atoms with Gasteiger partial charge < -0.3 is 9.84 Å². The lowest BCUT2D eigenvalue weighted by atomic mass is 10.2. The molecule has 1 atom stereocenters. The van der Waals surface area contributed by atoms with Crippen molar-refractivity contribution in [3.8, 4) is 5.75 Å². The van der Waals surface area contributed by atoms with E-state index in [4.69, 9.17) is 15.4 Å². The van der Waals surface area contributed by atoms with Gasteiger partial charge in [0.1, 0.15) is 11.6 Å². The number of nitrogens with zero attached hydrogens (tertiary/aromatic N) is 7. The van der Waals surface area contributed by atoms with Crippen LogP contribution in [0, 0.1) is 5.82 Å². The summed E-state index contributed by atoms with van der Waals surface area (Å²) in [4.78, 5) is 14.6. The molecule has 22 heavy (non-hydrogen) atoms. The van der Waals surface area contributed by atoms with Gasteiger partial charge in [0.15, 0.2) is 6.33 Å². The maximum absolute atomic E-state index is 13.5. The molecular weight excluding hydrogens is 297 g/mol. The topological polar surface area (TPSA) is 139 Å². The minimum Gasteiger partial charge on any atom is -0.493 e. The van der Waals surface area contributed by atoms with Gasteiger partial charge in [0, 0.05) is 11.0 Å². The van der Waals surface area contributed by atoms with Crippen molar-refractivity contribution in [1.82, 2.24) is 20.2 Å². The number of tetrazole rings is 1. The lowest BCUT2D eigenvalue weighted by Gasteiger charge is -2.12. The van der Waals surface area contributed by atoms with Gasteiger partial charge in [-0.2, -0.15) is 4.80 Å². The van der Waals surface area contributed by atoms with Gasteiger partial charge in [0.25, 0.3) is 0 Å². The molecule has 0 bridgehead atoms. The molecule has 2 rings (SSSR count). The molecule has 1 N–H and O–H groups in total. The van der Waals surface area contributed by atoms with Gasteiger partial charge in [-0.25, -0.2) is 9.18 Å². The van der Waals surface area contributed by atoms with Crippen molar-refractivity contribution in [2.24, 2.45) is 5.11 Å². The van der Waals surface area contributed by atoms with Crippen LogP contribution in [0.4, 0.5) is 4.39 Å². The van der Waals surface area contributed by atoms with Gasteiger partial charge in [0.05, 0.1) is 24.8 Å². The number of aromatic nitrogens is 4. The zero-order valence-corrected chi connectivity index (χ0v) is 11.1. The van der Waals surface area contributed by atoms with E-state index >= 15 is 0 Å². The van der Waals surface area contributed by atoms with Crippen LogP contribution in [-0.2, 0) is 6.54 Å². The normalized spacial score (nSPS) is 11.5. The van der Waals surface area contributed by atoms with Gasteiger partial charge in [-0.15, -0.1) is 10.2 Å². The van der Waals surface area contributed by atoms with Gasteiger partial charge in [-0.05, 0) is 22.9 Å². The summed E-state index contributed by atoms with van der Waals surface area (Å²) in [6, 6.07) is 2.72. The fourth-order valence-electron chi connectivity index (χ4n) is 1.61. The Morgan fingerprint density at radius 2 is 2.41 bits per heavy atom. The second kappa shape index (κ2) is 6.99. The lowest BCUT2D eigenvalue weighted by molar-refractivity contribution is 0.0692. The summed E-state index contributed by atoms with van der Waals surface area (Å²) in [5.41, 5.74) is 8.06. The Morgan fingerprint density at radius 1 is 1.59 bits per heavy atom. The number of azide groups is 1. The molecule has 0 fully saturated rings. The summed E-state index contributed by atoms with van der Waals surface area (Å²) < 4.78 is 18.8. The number of carboxylic acid groups (broad SMARTS) is 1. The first kappa shape index (κ1) is 15.2. The van der Waals surface area contributed by atoms with Gasteiger partial charge in [-0.3, -0.25) is 0 Å². The summed E-state index contributed by atoms with van der Waals surface area (Å²) in [6.07, 6.45) is 1.23. The number of halogens is 1. The molecule has 0 saturated heterocycles. The van der Waals surface area contributed by atoms with Crippen molar-refractivity contribution < 1.29 is 19.0 Å². The molecule has 1 aromatic carbocycles. The predicted molar refractivity (Wildman–Crippen MR) is 69.6 cm³/mol. The van der Waals surface area contributed by atoms with E-state index in [0.29, 0.717) is 0 Å². The highest BCUT2D eigenvalue weighted by Crippen LogP contribution is 2.17. The Morgan fingerprint density at radius 3 is 3.00 bits per heavy atom. The molecule has 0 aliphatic heterocycles. The fourth-order valence-corrected chi connectivity index (χ4v) is 1.61. The van der Waals surface area contributed by atoms with Crippen molar-refractivity contribution in [2.75, 3.05) is 6.61 Å². The predicted octanol–water partition coefficient (Wildman–Crippen LogP) is 1.27. The van der Waals surface area contributed by atoms with Crippen LogP contribution in [0.5, 0.6) is 5.75 Å². The second-order valence-electron chi connectivity index (χ2n) is 4.11. The van der Waals surface area contributed by atoms with E-state index in [1.54, 1.807) is 0 Å². The molecule has 114 valence electrons. The first-order valence-corrected chi connectivity index (χ1v) is 6.00. The van der Waals surface area contributed by atoms with Crippen LogP contribution >= 0.6 is 0 Å². The van der Waals surface area contributed by atoms with Crippen molar-refractivity contribution in [3.63, 3.8) is 0 Å². The maximum atomic E-state index is 13.5. The Kier molecular flexibility index (Phi) is 4.83. The molecule has 0 spiro atoms. The largest absolute Gasteiger partial charge is 0.493 e. The number of aromatic carboxylic acids is 1. The van der Waals surface area contributed by atoms with Crippen molar-refractivity contribution in [1.29, 1.82) is 0 Å². The molecule has 2 aromatic rings. The maximum Gasteiger partial charge on any atom is 0.338 e. The third kappa shape index (κ3) is 3.90. The van der Waals surface area contributed by atoms with Crippen LogP contribution in [0.3, 0.4) is 0 Å². The highest BCUT2D eigenvalue weighted by Gasteiger charge is 2.13. The quantitative estimate of drug-likeness (QED) is 0.464. The van der Waals surface area contributed by atoms with Crippen LogP contribution in [0.1, 0.15) is 10.4 Å². The van der Waals surface area contributed by atoms with Gasteiger partial charge in [-0.1, -0.05) is 5.11 Å². The minimum absolute atomic E-state index is 0.0581. The van der Waals surface area contributed by atoms with E-state index in [2.05, 4.69) is 25.4 Å². The van der Waals surface area contributed by atoms with Crippen LogP contribution in [0.2, 0.25) is 0 Å². The Balaban J connectivity index is 2.01. The Bertz CT molecular complexity index is 700. The number of benzene rings is 1. The van der Waals surface area contributed by atoms with E-state index in [9.17, 15) is 9.18 Å². The minimum atomic E-state index is -1.37. The average Bonchev–Trinajstić information content (AvgIpc) is 2.97. The van der Waals surface area contributed by atoms with Crippen molar-refractivity contribution in [3.05, 3.63) is 46.3 Å². The summed E-state index contributed by atoms with van der Waals surface area (Å²) in [5.74, 6) is -2.16. The van der Waals surface area contributed by atoms with E-state index in [1.807, 2.05) is 0 Å².